The van der Waals surface area contributed by atoms with Crippen LogP contribution in [0.1, 0.15) is 32.8 Å². The van der Waals surface area contributed by atoms with Crippen LogP contribution in [0.2, 0.25) is 0 Å². The van der Waals surface area contributed by atoms with Gasteiger partial charge in [0.25, 0.3) is 0 Å². The van der Waals surface area contributed by atoms with Crippen molar-refractivity contribution in [1.29, 1.82) is 0 Å². The minimum absolute atomic E-state index is 0. The molecule has 1 aromatic rings. The third-order valence-electron chi connectivity index (χ3n) is 4.60. The highest BCUT2D eigenvalue weighted by molar-refractivity contribution is 7.89. The first kappa shape index (κ1) is 23.7. The number of esters is 1. The Morgan fingerprint density at radius 2 is 2.07 bits per heavy atom. The van der Waals surface area contributed by atoms with Crippen LogP contribution in [-0.2, 0) is 26.0 Å². The van der Waals surface area contributed by atoms with Gasteiger partial charge in [0.15, 0.2) is 6.10 Å². The molecule has 2 unspecified atom stereocenters. The summed E-state index contributed by atoms with van der Waals surface area (Å²) in [6.45, 7) is 6.38. The number of rotatable bonds is 8. The number of sulfonamides is 1. The van der Waals surface area contributed by atoms with Crippen LogP contribution in [0.4, 0.5) is 0 Å². The maximum Gasteiger partial charge on any atom is 0.347 e. The lowest BCUT2D eigenvalue weighted by molar-refractivity contribution is -0.150. The highest BCUT2D eigenvalue weighted by Gasteiger charge is 2.32. The molecular formula is C18H29ClN2O5S. The van der Waals surface area contributed by atoms with Crippen molar-refractivity contribution in [2.24, 2.45) is 11.7 Å². The summed E-state index contributed by atoms with van der Waals surface area (Å²) in [6.07, 6.45) is 0.177. The van der Waals surface area contributed by atoms with Gasteiger partial charge >= 0.3 is 5.97 Å². The normalized spacial score (nSPS) is 17.2. The van der Waals surface area contributed by atoms with E-state index < -0.39 is 22.1 Å². The van der Waals surface area contributed by atoms with Gasteiger partial charge in [0.1, 0.15) is 5.75 Å². The van der Waals surface area contributed by atoms with E-state index in [9.17, 15) is 13.2 Å². The van der Waals surface area contributed by atoms with E-state index in [0.717, 1.165) is 0 Å². The lowest BCUT2D eigenvalue weighted by Gasteiger charge is -2.21. The second kappa shape index (κ2) is 9.73. The number of fused-ring (bicyclic) bond motifs is 1. The Balaban J connectivity index is 0.00000364. The molecule has 1 heterocycles. The number of benzene rings is 1. The van der Waals surface area contributed by atoms with Gasteiger partial charge in [0.2, 0.25) is 10.0 Å². The van der Waals surface area contributed by atoms with Crippen molar-refractivity contribution in [3.8, 4) is 5.75 Å². The summed E-state index contributed by atoms with van der Waals surface area (Å²) in [6, 6.07) is 4.62. The number of ether oxygens (including phenoxy) is 2. The molecule has 27 heavy (non-hydrogen) atoms. The summed E-state index contributed by atoms with van der Waals surface area (Å²) in [5.41, 5.74) is 6.70. The Bertz CT molecular complexity index is 754. The minimum Gasteiger partial charge on any atom is -0.478 e. The Morgan fingerprint density at radius 3 is 2.67 bits per heavy atom. The zero-order valence-corrected chi connectivity index (χ0v) is 17.8. The van der Waals surface area contributed by atoms with Crippen LogP contribution in [0, 0.1) is 5.92 Å². The fourth-order valence-electron chi connectivity index (χ4n) is 2.72. The van der Waals surface area contributed by atoms with Crippen molar-refractivity contribution < 1.29 is 22.7 Å². The molecule has 1 aliphatic heterocycles. The van der Waals surface area contributed by atoms with E-state index in [1.54, 1.807) is 26.1 Å². The monoisotopic (exact) mass is 420 g/mol. The second-order valence-electron chi connectivity index (χ2n) is 6.86. The quantitative estimate of drug-likeness (QED) is 0.645. The van der Waals surface area contributed by atoms with Crippen molar-refractivity contribution >= 4 is 28.4 Å². The third-order valence-corrected chi connectivity index (χ3v) is 6.45. The van der Waals surface area contributed by atoms with Gasteiger partial charge in [-0.25, -0.2) is 17.5 Å². The predicted octanol–water partition coefficient (Wildman–Crippen LogP) is 1.97. The number of carbonyl (C=O) groups excluding carboxylic acids is 1. The largest absolute Gasteiger partial charge is 0.478 e. The molecule has 0 saturated heterocycles. The minimum atomic E-state index is -3.62. The molecule has 0 fully saturated rings. The second-order valence-corrected chi connectivity index (χ2v) is 8.90. The average Bonchev–Trinajstić information content (AvgIpc) is 3.02. The van der Waals surface area contributed by atoms with Crippen LogP contribution < -0.4 is 10.5 Å². The summed E-state index contributed by atoms with van der Waals surface area (Å²) in [5, 5.41) is 0. The molecule has 2 atom stereocenters. The zero-order chi connectivity index (χ0) is 19.5. The first-order chi connectivity index (χ1) is 12.2. The smallest absolute Gasteiger partial charge is 0.347 e. The number of halogens is 1. The fourth-order valence-corrected chi connectivity index (χ4v) is 3.95. The molecule has 0 amide bonds. The highest BCUT2D eigenvalue weighted by atomic mass is 35.5. The molecule has 7 nitrogen and oxygen atoms in total. The molecule has 1 aromatic carbocycles. The molecule has 0 aromatic heterocycles. The number of hydrogen-bond acceptors (Lipinski definition) is 6. The molecule has 9 heteroatoms. The Hall–Kier alpha value is -1.35. The zero-order valence-electron chi connectivity index (χ0n) is 16.2. The number of nitrogens with zero attached hydrogens (tertiary/aromatic N) is 1. The maximum atomic E-state index is 12.8. The molecule has 0 bridgehead atoms. The number of nitrogens with two attached hydrogens (primary N) is 1. The first-order valence-electron chi connectivity index (χ1n) is 8.85. The molecular weight excluding hydrogens is 392 g/mol. The van der Waals surface area contributed by atoms with E-state index in [0.29, 0.717) is 36.6 Å². The van der Waals surface area contributed by atoms with Crippen molar-refractivity contribution in [1.82, 2.24) is 4.31 Å². The third kappa shape index (κ3) is 5.57. The number of carbonyl (C=O) groups is 1. The molecule has 0 radical (unpaired) electrons. The lowest BCUT2D eigenvalue weighted by atomic mass is 10.0. The van der Waals surface area contributed by atoms with Gasteiger partial charge < -0.3 is 15.2 Å². The van der Waals surface area contributed by atoms with E-state index in [4.69, 9.17) is 15.2 Å². The first-order valence-corrected chi connectivity index (χ1v) is 10.3. The predicted molar refractivity (Wildman–Crippen MR) is 106 cm³/mol. The summed E-state index contributed by atoms with van der Waals surface area (Å²) >= 11 is 0. The summed E-state index contributed by atoms with van der Waals surface area (Å²) in [5.74, 6) is 0.377. The Labute approximate surface area is 167 Å². The molecule has 0 aliphatic carbocycles. The number of hydrogen-bond donors (Lipinski definition) is 1. The van der Waals surface area contributed by atoms with Crippen LogP contribution in [-0.4, -0.2) is 51.0 Å². The van der Waals surface area contributed by atoms with Gasteiger partial charge in [-0.15, -0.1) is 12.4 Å². The van der Waals surface area contributed by atoms with Crippen molar-refractivity contribution in [2.75, 3.05) is 20.2 Å². The van der Waals surface area contributed by atoms with E-state index in [2.05, 4.69) is 0 Å². The topological polar surface area (TPSA) is 98.9 Å². The molecule has 154 valence electrons. The summed E-state index contributed by atoms with van der Waals surface area (Å²) in [4.78, 5) is 12.0. The van der Waals surface area contributed by atoms with Crippen LogP contribution in [0.5, 0.6) is 5.75 Å². The van der Waals surface area contributed by atoms with Gasteiger partial charge in [-0.1, -0.05) is 13.8 Å². The van der Waals surface area contributed by atoms with Gasteiger partial charge in [0, 0.05) is 26.1 Å². The highest BCUT2D eigenvalue weighted by Crippen LogP contribution is 2.32. The molecule has 0 saturated carbocycles. The van der Waals surface area contributed by atoms with Crippen LogP contribution in [0.15, 0.2) is 23.1 Å². The summed E-state index contributed by atoms with van der Waals surface area (Å²) < 4.78 is 37.4. The van der Waals surface area contributed by atoms with Gasteiger partial charge in [-0.05, 0) is 43.0 Å². The Kier molecular flexibility index (Phi) is 8.53. The van der Waals surface area contributed by atoms with Gasteiger partial charge in [-0.2, -0.15) is 0 Å². The molecule has 2 N–H and O–H groups in total. The van der Waals surface area contributed by atoms with Crippen LogP contribution >= 0.6 is 12.4 Å². The van der Waals surface area contributed by atoms with Gasteiger partial charge in [0.05, 0.1) is 11.5 Å². The SMILES string of the molecule is CCOC(=O)C1Cc2cc(S(=O)(=O)N(C)CCC(N)C(C)C)ccc2O1.Cl. The average molecular weight is 421 g/mol. The van der Waals surface area contributed by atoms with Gasteiger partial charge in [-0.3, -0.25) is 0 Å². The van der Waals surface area contributed by atoms with Crippen molar-refractivity contribution in [2.45, 2.75) is 50.7 Å². The fraction of sp³-hybridized carbons (Fsp3) is 0.611. The van der Waals surface area contributed by atoms with Crippen molar-refractivity contribution in [3.05, 3.63) is 23.8 Å². The van der Waals surface area contributed by atoms with E-state index in [1.807, 2.05) is 13.8 Å². The summed E-state index contributed by atoms with van der Waals surface area (Å²) in [7, 11) is -2.07. The molecule has 0 spiro atoms. The van der Waals surface area contributed by atoms with E-state index in [-0.39, 0.29) is 30.0 Å². The standard InChI is InChI=1S/C18H28N2O5S.ClH/c1-5-24-18(21)17-11-13-10-14(6-7-16(13)25-17)26(22,23)20(4)9-8-15(19)12(2)3;/h6-7,10,12,15,17H,5,8-9,11,19H2,1-4H3;1H. The van der Waals surface area contributed by atoms with E-state index in [1.165, 1.54) is 10.4 Å². The Morgan fingerprint density at radius 1 is 1.41 bits per heavy atom. The molecule has 1 aliphatic rings. The van der Waals surface area contributed by atoms with Crippen LogP contribution in [0.3, 0.4) is 0 Å². The van der Waals surface area contributed by atoms with E-state index >= 15 is 0 Å². The van der Waals surface area contributed by atoms with Crippen LogP contribution in [0.25, 0.3) is 0 Å². The van der Waals surface area contributed by atoms with Crippen molar-refractivity contribution in [3.63, 3.8) is 0 Å². The lowest BCUT2D eigenvalue weighted by Crippen LogP contribution is -2.34. The molecule has 2 rings (SSSR count). The maximum absolute atomic E-state index is 12.8.